The summed E-state index contributed by atoms with van der Waals surface area (Å²) in [5.74, 6) is -6.43. The van der Waals surface area contributed by atoms with E-state index in [4.69, 9.17) is 58.0 Å². The number of aldehydes is 1. The number of carbonyl (C=O) groups excluding carboxylic acids is 3. The van der Waals surface area contributed by atoms with E-state index in [0.717, 1.165) is 6.29 Å². The zero-order valence-electron chi connectivity index (χ0n) is 44.1. The number of nitrogens with zero attached hydrogens (tertiary/aromatic N) is 1. The van der Waals surface area contributed by atoms with Crippen molar-refractivity contribution in [3.63, 3.8) is 0 Å². The summed E-state index contributed by atoms with van der Waals surface area (Å²) in [5.41, 5.74) is -0.806. The summed E-state index contributed by atoms with van der Waals surface area (Å²) in [7, 11) is 6.43. The first-order chi connectivity index (χ1) is 34.1. The Bertz CT molecular complexity index is 1830. The van der Waals surface area contributed by atoms with E-state index in [1.807, 2.05) is 19.9 Å². The molecule has 22 atom stereocenters. The van der Waals surface area contributed by atoms with Crippen LogP contribution in [0, 0.1) is 23.7 Å². The zero-order chi connectivity index (χ0) is 55.2. The summed E-state index contributed by atoms with van der Waals surface area (Å²) in [6, 6.07) is -0.748. The molecular weight excluding hydrogens is 967 g/mol. The highest BCUT2D eigenvalue weighted by molar-refractivity contribution is 5.91. The smallest absolute Gasteiger partial charge is 0.333 e. The minimum atomic E-state index is -1.79. The number of aliphatic hydroxyl groups is 6. The van der Waals surface area contributed by atoms with Crippen molar-refractivity contribution < 1.29 is 107 Å². The Morgan fingerprint density at radius 2 is 1.51 bits per heavy atom. The molecule has 3 fully saturated rings. The number of aliphatic hydroxyl groups excluding tert-OH is 5. The van der Waals surface area contributed by atoms with Crippen LogP contribution in [-0.4, -0.2) is 221 Å². The Morgan fingerprint density at radius 3 is 2.04 bits per heavy atom. The molecule has 0 amide bonds. The van der Waals surface area contributed by atoms with Crippen LogP contribution in [0.4, 0.5) is 0 Å². The van der Waals surface area contributed by atoms with Crippen LogP contribution in [0.15, 0.2) is 23.8 Å². The van der Waals surface area contributed by atoms with Gasteiger partial charge in [0, 0.05) is 44.8 Å². The molecule has 0 aliphatic carbocycles. The minimum absolute atomic E-state index is 0.00788. The fourth-order valence-corrected chi connectivity index (χ4v) is 9.76. The van der Waals surface area contributed by atoms with E-state index in [2.05, 4.69) is 0 Å². The number of hydrogen-bond donors (Lipinski definition) is 8. The maximum absolute atomic E-state index is 13.8. The largest absolute Gasteiger partial charge is 0.481 e. The molecule has 0 aromatic rings. The second kappa shape index (κ2) is 29.2. The van der Waals surface area contributed by atoms with Gasteiger partial charge in [-0.1, -0.05) is 38.5 Å². The molecule has 3 saturated heterocycles. The number of likely N-dealkylation sites (N-methyl/N-ethyl adjacent to an activating group) is 1. The first-order valence-corrected chi connectivity index (χ1v) is 24.8. The standard InChI is InChI=1S/C46H77NO17.C4H6O5/c1-13-33-30(22-58-45-42(57-12)41(56-11)37(52)26(5)60-45)18-23(2)14-15-31(49)24(3)19-29(16-17-48)39(25(4)32(50)20-34(51)62-33)64-44-38(53)36(47(9)10)40(27(6)61-44)63-35-21-46(8,55)43(54)28(7)59-35;5-2(4(8)9)1-3(6)7/h14-15,17-18,24-30,32-33,35-45,50,52-55H,13,16,19-22H2,1-12H3;2,5H,1H2,(H,6,7)(H,8,9)/b15-14+,23-18+;/t24-,25+,26-,27-,28+,29+,30?,32-,33-,35+,36-,37-,38-,39-,40-,41-,42-,43+,44-,45-,46-;/m1./s1. The number of ketones is 1. The average molecular weight is 1050 g/mol. The number of esters is 1. The Morgan fingerprint density at radius 1 is 0.877 bits per heavy atom. The van der Waals surface area contributed by atoms with Gasteiger partial charge in [0.05, 0.1) is 61.6 Å². The molecule has 4 aliphatic rings. The Balaban J connectivity index is 0.00000142. The molecular formula is C50H83NO22. The molecule has 8 N–H and O–H groups in total. The molecule has 0 aromatic carbocycles. The second-order valence-corrected chi connectivity index (χ2v) is 20.2. The van der Waals surface area contributed by atoms with Gasteiger partial charge in [-0.05, 0) is 73.5 Å². The van der Waals surface area contributed by atoms with E-state index in [0.29, 0.717) is 12.0 Å². The predicted molar refractivity (Wildman–Crippen MR) is 256 cm³/mol. The molecule has 23 nitrogen and oxygen atoms in total. The van der Waals surface area contributed by atoms with E-state index in [9.17, 15) is 49.5 Å². The summed E-state index contributed by atoms with van der Waals surface area (Å²) in [6.45, 7) is 13.6. The Hall–Kier alpha value is -3.37. The van der Waals surface area contributed by atoms with E-state index in [1.165, 1.54) is 27.2 Å². The molecule has 23 heteroatoms. The quantitative estimate of drug-likeness (QED) is 0.0781. The summed E-state index contributed by atoms with van der Waals surface area (Å²) in [6.07, 6.45) is -11.0. The van der Waals surface area contributed by atoms with Crippen LogP contribution in [0.25, 0.3) is 0 Å². The maximum Gasteiger partial charge on any atom is 0.333 e. The summed E-state index contributed by atoms with van der Waals surface area (Å²) in [4.78, 5) is 60.9. The summed E-state index contributed by atoms with van der Waals surface area (Å²) >= 11 is 0. The molecule has 73 heavy (non-hydrogen) atoms. The minimum Gasteiger partial charge on any atom is -0.481 e. The fraction of sp³-hybridized carbons (Fsp3) is 0.820. The molecule has 0 aromatic heterocycles. The number of carbonyl (C=O) groups is 5. The third kappa shape index (κ3) is 17.9. The number of rotatable bonds is 16. The van der Waals surface area contributed by atoms with Gasteiger partial charge in [-0.3, -0.25) is 14.4 Å². The van der Waals surface area contributed by atoms with Gasteiger partial charge in [0.2, 0.25) is 0 Å². The van der Waals surface area contributed by atoms with Gasteiger partial charge in [-0.2, -0.15) is 0 Å². The molecule has 420 valence electrons. The molecule has 0 saturated carbocycles. The highest BCUT2D eigenvalue weighted by atomic mass is 16.7. The Labute approximate surface area is 427 Å². The Kier molecular flexibility index (Phi) is 25.6. The topological polar surface area (TPSA) is 334 Å². The van der Waals surface area contributed by atoms with Crippen molar-refractivity contribution >= 4 is 30.0 Å². The van der Waals surface area contributed by atoms with Crippen molar-refractivity contribution in [3.05, 3.63) is 23.8 Å². The van der Waals surface area contributed by atoms with Gasteiger partial charge in [0.15, 0.2) is 30.8 Å². The second-order valence-electron chi connectivity index (χ2n) is 20.2. The van der Waals surface area contributed by atoms with Crippen LogP contribution in [0.3, 0.4) is 0 Å². The van der Waals surface area contributed by atoms with Crippen LogP contribution in [0.1, 0.15) is 93.9 Å². The fourth-order valence-electron chi connectivity index (χ4n) is 9.76. The lowest BCUT2D eigenvalue weighted by Crippen LogP contribution is -2.65. The first kappa shape index (κ1) is 63.9. The number of allylic oxidation sites excluding steroid dienone is 3. The third-order valence-electron chi connectivity index (χ3n) is 14.1. The van der Waals surface area contributed by atoms with Gasteiger partial charge >= 0.3 is 17.9 Å². The van der Waals surface area contributed by atoms with Crippen LogP contribution in [-0.2, 0) is 66.6 Å². The number of ether oxygens (including phenoxy) is 9. The number of carboxylic acid groups (broad SMARTS) is 2. The van der Waals surface area contributed by atoms with Crippen LogP contribution < -0.4 is 0 Å². The molecule has 4 heterocycles. The molecule has 0 radical (unpaired) electrons. The number of methoxy groups -OCH3 is 2. The predicted octanol–water partition coefficient (Wildman–Crippen LogP) is 0.740. The average Bonchev–Trinajstić information content (AvgIpc) is 3.30. The van der Waals surface area contributed by atoms with Crippen molar-refractivity contribution in [2.45, 2.75) is 204 Å². The van der Waals surface area contributed by atoms with E-state index >= 15 is 0 Å². The van der Waals surface area contributed by atoms with Crippen LogP contribution in [0.5, 0.6) is 0 Å². The molecule has 0 spiro atoms. The van der Waals surface area contributed by atoms with E-state index < -0.39 is 164 Å². The summed E-state index contributed by atoms with van der Waals surface area (Å²) < 4.78 is 54.7. The van der Waals surface area contributed by atoms with Crippen molar-refractivity contribution in [2.24, 2.45) is 23.7 Å². The molecule has 2 unspecified atom stereocenters. The normalized spacial score (nSPS) is 41.8. The number of cyclic esters (lactones) is 1. The maximum atomic E-state index is 13.8. The van der Waals surface area contributed by atoms with Crippen LogP contribution in [0.2, 0.25) is 0 Å². The molecule has 0 bridgehead atoms. The molecule has 4 rings (SSSR count). The lowest BCUT2D eigenvalue weighted by Gasteiger charge is -2.50. The van der Waals surface area contributed by atoms with Gasteiger partial charge in [-0.15, -0.1) is 0 Å². The van der Waals surface area contributed by atoms with E-state index in [1.54, 1.807) is 59.7 Å². The number of aliphatic carboxylic acids is 2. The van der Waals surface area contributed by atoms with E-state index in [-0.39, 0.29) is 31.7 Å². The third-order valence-corrected chi connectivity index (χ3v) is 14.1. The number of carboxylic acids is 2. The van der Waals surface area contributed by atoms with Crippen molar-refractivity contribution in [1.29, 1.82) is 0 Å². The van der Waals surface area contributed by atoms with Gasteiger partial charge in [-0.25, -0.2) is 4.79 Å². The van der Waals surface area contributed by atoms with Crippen molar-refractivity contribution in [1.82, 2.24) is 4.90 Å². The zero-order valence-corrected chi connectivity index (χ0v) is 44.1. The van der Waals surface area contributed by atoms with Gasteiger partial charge in [0.25, 0.3) is 0 Å². The SMILES string of the molecule is CC[C@H]1OC(=O)C[C@@H](O)[C@H](C)[C@@H](O[C@H]2O[C@H](C)[C@@H](O[C@H]3C[C@@](C)(O)[C@@H](O)[C@H](C)O3)[C@H](N(C)C)[C@H]2O)[C@@H](CC=O)C[C@@H](C)C(=O)/C=C/C(C)=C/C1CO[C@@H]1O[C@H](C)[C@@H](O)[C@@H](OC)[C@H]1OC.O=C(O)CC(O)C(=O)O. The molecule has 4 aliphatic heterocycles. The highest BCUT2D eigenvalue weighted by Gasteiger charge is 2.52. The summed E-state index contributed by atoms with van der Waals surface area (Å²) in [5, 5.41) is 79.9. The highest BCUT2D eigenvalue weighted by Crippen LogP contribution is 2.37. The van der Waals surface area contributed by atoms with Gasteiger partial charge in [0.1, 0.15) is 49.0 Å². The van der Waals surface area contributed by atoms with Crippen molar-refractivity contribution in [3.8, 4) is 0 Å². The monoisotopic (exact) mass is 1050 g/mol. The lowest BCUT2D eigenvalue weighted by atomic mass is 9.79. The lowest BCUT2D eigenvalue weighted by molar-refractivity contribution is -0.341. The van der Waals surface area contributed by atoms with Gasteiger partial charge < -0.3 is 93.2 Å². The van der Waals surface area contributed by atoms with Crippen molar-refractivity contribution in [2.75, 3.05) is 34.9 Å². The first-order valence-electron chi connectivity index (χ1n) is 24.8. The van der Waals surface area contributed by atoms with Crippen LogP contribution >= 0.6 is 0 Å². The number of hydrogen-bond acceptors (Lipinski definition) is 21.